The van der Waals surface area contributed by atoms with Crippen LogP contribution in [0.15, 0.2) is 42.5 Å². The lowest BCUT2D eigenvalue weighted by atomic mass is 10.1. The van der Waals surface area contributed by atoms with E-state index in [1.165, 1.54) is 0 Å². The summed E-state index contributed by atoms with van der Waals surface area (Å²) in [5, 5.41) is 2.34. The van der Waals surface area contributed by atoms with E-state index in [4.69, 9.17) is 11.6 Å². The predicted molar refractivity (Wildman–Crippen MR) is 82.3 cm³/mol. The molecule has 0 aliphatic carbocycles. The van der Waals surface area contributed by atoms with Crippen molar-refractivity contribution in [3.63, 3.8) is 0 Å². The molecule has 1 aromatic heterocycles. The fourth-order valence-electron chi connectivity index (χ4n) is 2.28. The van der Waals surface area contributed by atoms with Gasteiger partial charge in [0.25, 0.3) is 5.91 Å². The molecule has 0 saturated heterocycles. The molecule has 3 nitrogen and oxygen atoms in total. The van der Waals surface area contributed by atoms with Crippen LogP contribution in [-0.2, 0) is 0 Å². The first-order chi connectivity index (χ1) is 9.59. The van der Waals surface area contributed by atoms with Crippen molar-refractivity contribution in [3.05, 3.63) is 53.1 Å². The molecular weight excluding hydrogens is 272 g/mol. The van der Waals surface area contributed by atoms with Crippen LogP contribution >= 0.6 is 11.6 Å². The first-order valence-electron chi connectivity index (χ1n) is 6.28. The summed E-state index contributed by atoms with van der Waals surface area (Å²) in [6, 6.07) is 13.2. The number of pyridine rings is 1. The number of carbonyl (C=O) groups is 1. The molecule has 2 aromatic carbocycles. The zero-order valence-corrected chi connectivity index (χ0v) is 12.0. The van der Waals surface area contributed by atoms with E-state index in [0.717, 1.165) is 16.3 Å². The Bertz CT molecular complexity index is 827. The maximum atomic E-state index is 12.2. The van der Waals surface area contributed by atoms with Gasteiger partial charge >= 0.3 is 0 Å². The van der Waals surface area contributed by atoms with Crippen LogP contribution in [0.3, 0.4) is 0 Å². The van der Waals surface area contributed by atoms with Crippen LogP contribution in [-0.4, -0.2) is 29.9 Å². The highest BCUT2D eigenvalue weighted by Crippen LogP contribution is 2.31. The Hall–Kier alpha value is -2.13. The third-order valence-electron chi connectivity index (χ3n) is 3.28. The molecule has 1 amide bonds. The van der Waals surface area contributed by atoms with E-state index >= 15 is 0 Å². The highest BCUT2D eigenvalue weighted by molar-refractivity contribution is 6.40. The molecule has 0 fully saturated rings. The minimum Gasteiger partial charge on any atom is -0.345 e. The van der Waals surface area contributed by atoms with E-state index in [0.29, 0.717) is 16.1 Å². The van der Waals surface area contributed by atoms with Crippen LogP contribution in [0.4, 0.5) is 0 Å². The smallest absolute Gasteiger partial charge is 0.255 e. The molecule has 100 valence electrons. The number of nitrogens with zero attached hydrogens (tertiary/aromatic N) is 2. The van der Waals surface area contributed by atoms with Crippen LogP contribution in [0.2, 0.25) is 5.02 Å². The summed E-state index contributed by atoms with van der Waals surface area (Å²) in [5.74, 6) is -0.0746. The molecule has 1 heterocycles. The minimum atomic E-state index is -0.0746. The quantitative estimate of drug-likeness (QED) is 0.638. The molecule has 0 radical (unpaired) electrons. The van der Waals surface area contributed by atoms with Crippen LogP contribution in [0.5, 0.6) is 0 Å². The number of halogens is 1. The van der Waals surface area contributed by atoms with Gasteiger partial charge in [0.2, 0.25) is 0 Å². The van der Waals surface area contributed by atoms with Gasteiger partial charge in [0, 0.05) is 24.9 Å². The third-order valence-corrected chi connectivity index (χ3v) is 3.69. The van der Waals surface area contributed by atoms with Gasteiger partial charge in [0.05, 0.1) is 21.6 Å². The van der Waals surface area contributed by atoms with Crippen molar-refractivity contribution in [1.29, 1.82) is 0 Å². The van der Waals surface area contributed by atoms with E-state index in [-0.39, 0.29) is 5.91 Å². The lowest BCUT2D eigenvalue weighted by Crippen LogP contribution is -2.22. The molecule has 3 aromatic rings. The van der Waals surface area contributed by atoms with Crippen LogP contribution in [0, 0.1) is 0 Å². The predicted octanol–water partition coefficient (Wildman–Crippen LogP) is 3.74. The molecule has 20 heavy (non-hydrogen) atoms. The fraction of sp³-hybridized carbons (Fsp3) is 0.125. The Kier molecular flexibility index (Phi) is 3.07. The summed E-state index contributed by atoms with van der Waals surface area (Å²) < 4.78 is 0. The molecule has 0 saturated carbocycles. The summed E-state index contributed by atoms with van der Waals surface area (Å²) >= 11 is 6.47. The van der Waals surface area contributed by atoms with Crippen molar-refractivity contribution >= 4 is 39.3 Å². The second-order valence-corrected chi connectivity index (χ2v) is 5.22. The van der Waals surface area contributed by atoms with Gasteiger partial charge in [-0.1, -0.05) is 41.9 Å². The van der Waals surface area contributed by atoms with Gasteiger partial charge < -0.3 is 4.90 Å². The molecule has 3 rings (SSSR count). The number of benzene rings is 2. The van der Waals surface area contributed by atoms with Crippen LogP contribution in [0.25, 0.3) is 21.8 Å². The summed E-state index contributed by atoms with van der Waals surface area (Å²) in [7, 11) is 3.45. The monoisotopic (exact) mass is 284 g/mol. The van der Waals surface area contributed by atoms with Crippen molar-refractivity contribution in [3.8, 4) is 0 Å². The number of amides is 1. The van der Waals surface area contributed by atoms with Crippen molar-refractivity contribution in [2.24, 2.45) is 0 Å². The molecule has 0 bridgehead atoms. The maximum absolute atomic E-state index is 12.2. The lowest BCUT2D eigenvalue weighted by molar-refractivity contribution is 0.0829. The largest absolute Gasteiger partial charge is 0.345 e. The van der Waals surface area contributed by atoms with Crippen molar-refractivity contribution in [2.75, 3.05) is 14.1 Å². The summed E-state index contributed by atoms with van der Waals surface area (Å²) in [4.78, 5) is 18.4. The van der Waals surface area contributed by atoms with E-state index in [1.54, 1.807) is 25.1 Å². The average Bonchev–Trinajstić information content (AvgIpc) is 2.46. The highest BCUT2D eigenvalue weighted by atomic mass is 35.5. The summed E-state index contributed by atoms with van der Waals surface area (Å²) in [6.45, 7) is 0. The van der Waals surface area contributed by atoms with Crippen molar-refractivity contribution in [2.45, 2.75) is 0 Å². The maximum Gasteiger partial charge on any atom is 0.255 e. The Balaban J connectivity index is 2.43. The number of aromatic nitrogens is 1. The Morgan fingerprint density at radius 2 is 1.75 bits per heavy atom. The lowest BCUT2D eigenvalue weighted by Gasteiger charge is -2.13. The number of para-hydroxylation sites is 2. The van der Waals surface area contributed by atoms with E-state index < -0.39 is 0 Å². The van der Waals surface area contributed by atoms with Gasteiger partial charge in [-0.2, -0.15) is 0 Å². The van der Waals surface area contributed by atoms with Crippen LogP contribution < -0.4 is 0 Å². The van der Waals surface area contributed by atoms with Gasteiger partial charge in [0.15, 0.2) is 0 Å². The Morgan fingerprint density at radius 3 is 2.50 bits per heavy atom. The standard InChI is InChI=1S/C16H13ClN2O/c1-19(2)16(20)12-8-5-7-11-14(17)10-6-3-4-9-13(10)18-15(11)12/h3-9H,1-2H3. The molecular formula is C16H13ClN2O. The average molecular weight is 285 g/mol. The van der Waals surface area contributed by atoms with Gasteiger partial charge in [-0.15, -0.1) is 0 Å². The van der Waals surface area contributed by atoms with Crippen LogP contribution in [0.1, 0.15) is 10.4 Å². The topological polar surface area (TPSA) is 33.2 Å². The summed E-state index contributed by atoms with van der Waals surface area (Å²) in [5.41, 5.74) is 2.01. The van der Waals surface area contributed by atoms with E-state index in [9.17, 15) is 4.79 Å². The highest BCUT2D eigenvalue weighted by Gasteiger charge is 2.15. The van der Waals surface area contributed by atoms with Gasteiger partial charge in [-0.05, 0) is 12.1 Å². The Labute approximate surface area is 121 Å². The molecule has 0 atom stereocenters. The molecule has 0 spiro atoms. The normalized spacial score (nSPS) is 10.9. The van der Waals surface area contributed by atoms with Gasteiger partial charge in [0.1, 0.15) is 0 Å². The third kappa shape index (κ3) is 1.91. The summed E-state index contributed by atoms with van der Waals surface area (Å²) in [6.07, 6.45) is 0. The molecule has 4 heteroatoms. The first-order valence-corrected chi connectivity index (χ1v) is 6.66. The number of hydrogen-bond acceptors (Lipinski definition) is 2. The number of carbonyl (C=O) groups excluding carboxylic acids is 1. The van der Waals surface area contributed by atoms with Gasteiger partial charge in [-0.3, -0.25) is 4.79 Å². The van der Waals surface area contributed by atoms with Crippen molar-refractivity contribution in [1.82, 2.24) is 9.88 Å². The Morgan fingerprint density at radius 1 is 1.05 bits per heavy atom. The first kappa shape index (κ1) is 12.9. The molecule has 0 aliphatic heterocycles. The molecule has 0 aliphatic rings. The molecule has 0 unspecified atom stereocenters. The van der Waals surface area contributed by atoms with E-state index in [2.05, 4.69) is 4.98 Å². The van der Waals surface area contributed by atoms with E-state index in [1.807, 2.05) is 36.4 Å². The number of fused-ring (bicyclic) bond motifs is 2. The second kappa shape index (κ2) is 4.76. The zero-order chi connectivity index (χ0) is 14.3. The zero-order valence-electron chi connectivity index (χ0n) is 11.2. The van der Waals surface area contributed by atoms with Gasteiger partial charge in [-0.25, -0.2) is 4.98 Å². The fourth-order valence-corrected chi connectivity index (χ4v) is 2.59. The molecule has 0 N–H and O–H groups in total. The minimum absolute atomic E-state index is 0.0746. The number of rotatable bonds is 1. The van der Waals surface area contributed by atoms with Crippen molar-refractivity contribution < 1.29 is 4.79 Å². The SMILES string of the molecule is CN(C)C(=O)c1cccc2c(Cl)c3ccccc3nc12. The second-order valence-electron chi connectivity index (χ2n) is 4.84. The number of hydrogen-bond donors (Lipinski definition) is 0.